The van der Waals surface area contributed by atoms with E-state index in [4.69, 9.17) is 0 Å². The first-order chi connectivity index (χ1) is 10.3. The van der Waals surface area contributed by atoms with Gasteiger partial charge in [0.25, 0.3) is 0 Å². The minimum absolute atomic E-state index is 0.193. The van der Waals surface area contributed by atoms with Gasteiger partial charge < -0.3 is 4.90 Å². The molecule has 2 heteroatoms. The van der Waals surface area contributed by atoms with Crippen LogP contribution < -0.4 is 4.90 Å². The molecule has 0 radical (unpaired) electrons. The van der Waals surface area contributed by atoms with Gasteiger partial charge in [-0.2, -0.15) is 0 Å². The Labute approximate surface area is 125 Å². The van der Waals surface area contributed by atoms with Crippen molar-refractivity contribution < 1.29 is 4.79 Å². The zero-order chi connectivity index (χ0) is 14.7. The summed E-state index contributed by atoms with van der Waals surface area (Å²) in [5.41, 5.74) is 4.63. The standard InChI is InChI=1S/C19H19NO/c1-2-3-4-13-19(21)20-14-15-9-5-6-10-16(15)17-11-7-8-12-18(17)20/h2,5-12H,1,3-4,13-14H2. The number of hydrogen-bond donors (Lipinski definition) is 0. The monoisotopic (exact) mass is 277 g/mol. The first-order valence-electron chi connectivity index (χ1n) is 7.40. The quantitative estimate of drug-likeness (QED) is 0.592. The Balaban J connectivity index is 1.94. The summed E-state index contributed by atoms with van der Waals surface area (Å²) < 4.78 is 0. The van der Waals surface area contributed by atoms with Crippen LogP contribution in [0.1, 0.15) is 24.8 Å². The van der Waals surface area contributed by atoms with E-state index in [0.717, 1.165) is 24.1 Å². The van der Waals surface area contributed by atoms with E-state index in [1.807, 2.05) is 35.2 Å². The lowest BCUT2D eigenvalue weighted by atomic mass is 9.93. The minimum Gasteiger partial charge on any atom is -0.307 e. The van der Waals surface area contributed by atoms with Crippen molar-refractivity contribution in [1.82, 2.24) is 0 Å². The number of para-hydroxylation sites is 1. The molecule has 0 saturated carbocycles. The normalized spacial score (nSPS) is 12.5. The highest BCUT2D eigenvalue weighted by atomic mass is 16.2. The van der Waals surface area contributed by atoms with E-state index < -0.39 is 0 Å². The number of rotatable bonds is 4. The zero-order valence-electron chi connectivity index (χ0n) is 12.1. The second-order valence-electron chi connectivity index (χ2n) is 5.34. The molecule has 0 bridgehead atoms. The van der Waals surface area contributed by atoms with Gasteiger partial charge in [-0.1, -0.05) is 48.5 Å². The van der Waals surface area contributed by atoms with Crippen LogP contribution >= 0.6 is 0 Å². The second kappa shape index (κ2) is 5.96. The number of nitrogens with zero attached hydrogens (tertiary/aromatic N) is 1. The number of carbonyl (C=O) groups is 1. The van der Waals surface area contributed by atoms with Gasteiger partial charge in [0.15, 0.2) is 0 Å². The smallest absolute Gasteiger partial charge is 0.227 e. The average Bonchev–Trinajstić information content (AvgIpc) is 2.54. The summed E-state index contributed by atoms with van der Waals surface area (Å²) in [6.45, 7) is 4.38. The molecule has 3 rings (SSSR count). The van der Waals surface area contributed by atoms with Gasteiger partial charge in [0.1, 0.15) is 0 Å². The minimum atomic E-state index is 0.193. The molecule has 0 fully saturated rings. The van der Waals surface area contributed by atoms with E-state index in [1.165, 1.54) is 11.1 Å². The van der Waals surface area contributed by atoms with Crippen molar-refractivity contribution in [2.24, 2.45) is 0 Å². The van der Waals surface area contributed by atoms with Crippen LogP contribution in [0.4, 0.5) is 5.69 Å². The van der Waals surface area contributed by atoms with Crippen LogP contribution in [0.25, 0.3) is 11.1 Å². The molecule has 0 N–H and O–H groups in total. The van der Waals surface area contributed by atoms with Crippen LogP contribution in [-0.2, 0) is 11.3 Å². The van der Waals surface area contributed by atoms with Gasteiger partial charge in [0, 0.05) is 12.0 Å². The van der Waals surface area contributed by atoms with Crippen LogP contribution in [-0.4, -0.2) is 5.91 Å². The van der Waals surface area contributed by atoms with Crippen LogP contribution in [0, 0.1) is 0 Å². The van der Waals surface area contributed by atoms with Crippen LogP contribution in [0.15, 0.2) is 61.2 Å². The van der Waals surface area contributed by atoms with Crippen LogP contribution in [0.3, 0.4) is 0 Å². The summed E-state index contributed by atoms with van der Waals surface area (Å²) in [5, 5.41) is 0. The predicted molar refractivity (Wildman–Crippen MR) is 87.1 cm³/mol. The van der Waals surface area contributed by atoms with Crippen LogP contribution in [0.2, 0.25) is 0 Å². The molecule has 1 heterocycles. The number of amides is 1. The highest BCUT2D eigenvalue weighted by Crippen LogP contribution is 2.39. The summed E-state index contributed by atoms with van der Waals surface area (Å²) in [4.78, 5) is 14.5. The molecule has 2 nitrogen and oxygen atoms in total. The van der Waals surface area contributed by atoms with Crippen molar-refractivity contribution in [2.45, 2.75) is 25.8 Å². The van der Waals surface area contributed by atoms with Crippen molar-refractivity contribution >= 4 is 11.6 Å². The fourth-order valence-electron chi connectivity index (χ4n) is 2.87. The Morgan fingerprint density at radius 2 is 1.81 bits per heavy atom. The lowest BCUT2D eigenvalue weighted by Gasteiger charge is -2.31. The Kier molecular flexibility index (Phi) is 3.87. The molecule has 0 saturated heterocycles. The third-order valence-electron chi connectivity index (χ3n) is 3.93. The van der Waals surface area contributed by atoms with E-state index in [0.29, 0.717) is 13.0 Å². The summed E-state index contributed by atoms with van der Waals surface area (Å²) >= 11 is 0. The number of anilines is 1. The predicted octanol–water partition coefficient (Wildman–Crippen LogP) is 4.56. The average molecular weight is 277 g/mol. The molecule has 0 aliphatic carbocycles. The highest BCUT2D eigenvalue weighted by molar-refractivity contribution is 6.00. The SMILES string of the molecule is C=CCCCC(=O)N1Cc2ccccc2-c2ccccc21. The topological polar surface area (TPSA) is 20.3 Å². The van der Waals surface area contributed by atoms with Gasteiger partial charge in [0.2, 0.25) is 5.91 Å². The van der Waals surface area contributed by atoms with Crippen molar-refractivity contribution in [3.05, 3.63) is 66.7 Å². The van der Waals surface area contributed by atoms with Gasteiger partial charge in [-0.05, 0) is 30.0 Å². The molecule has 0 unspecified atom stereocenters. The van der Waals surface area contributed by atoms with Crippen molar-refractivity contribution in [2.75, 3.05) is 4.90 Å². The van der Waals surface area contributed by atoms with Gasteiger partial charge >= 0.3 is 0 Å². The lowest BCUT2D eigenvalue weighted by Crippen LogP contribution is -2.32. The number of carbonyl (C=O) groups excluding carboxylic acids is 1. The molecule has 0 atom stereocenters. The van der Waals surface area contributed by atoms with E-state index in [-0.39, 0.29) is 5.91 Å². The van der Waals surface area contributed by atoms with E-state index in [9.17, 15) is 4.79 Å². The Morgan fingerprint density at radius 3 is 2.62 bits per heavy atom. The Bertz CT molecular complexity index is 675. The maximum atomic E-state index is 12.5. The summed E-state index contributed by atoms with van der Waals surface area (Å²) in [6, 6.07) is 16.5. The van der Waals surface area contributed by atoms with E-state index in [1.54, 1.807) is 0 Å². The van der Waals surface area contributed by atoms with E-state index in [2.05, 4.69) is 30.8 Å². The molecule has 1 aliphatic rings. The molecule has 21 heavy (non-hydrogen) atoms. The second-order valence-corrected chi connectivity index (χ2v) is 5.34. The molecule has 1 aliphatic heterocycles. The molecule has 0 aromatic heterocycles. The molecule has 106 valence electrons. The molecule has 2 aromatic rings. The third kappa shape index (κ3) is 2.62. The van der Waals surface area contributed by atoms with Gasteiger partial charge in [-0.15, -0.1) is 6.58 Å². The van der Waals surface area contributed by atoms with Gasteiger partial charge in [-0.3, -0.25) is 4.79 Å². The largest absolute Gasteiger partial charge is 0.307 e. The van der Waals surface area contributed by atoms with Crippen molar-refractivity contribution in [1.29, 1.82) is 0 Å². The van der Waals surface area contributed by atoms with Gasteiger partial charge in [0.05, 0.1) is 12.2 Å². The van der Waals surface area contributed by atoms with Crippen LogP contribution in [0.5, 0.6) is 0 Å². The molecular formula is C19H19NO. The molecule has 2 aromatic carbocycles. The Hall–Kier alpha value is -2.35. The number of allylic oxidation sites excluding steroid dienone is 1. The molecule has 0 spiro atoms. The number of unbranched alkanes of at least 4 members (excludes halogenated alkanes) is 1. The number of benzene rings is 2. The Morgan fingerprint density at radius 1 is 1.10 bits per heavy atom. The molecular weight excluding hydrogens is 258 g/mol. The third-order valence-corrected chi connectivity index (χ3v) is 3.93. The first-order valence-corrected chi connectivity index (χ1v) is 7.40. The maximum absolute atomic E-state index is 12.5. The number of fused-ring (bicyclic) bond motifs is 3. The lowest BCUT2D eigenvalue weighted by molar-refractivity contribution is -0.118. The zero-order valence-corrected chi connectivity index (χ0v) is 12.1. The fourth-order valence-corrected chi connectivity index (χ4v) is 2.87. The summed E-state index contributed by atoms with van der Waals surface area (Å²) in [7, 11) is 0. The van der Waals surface area contributed by atoms with Crippen molar-refractivity contribution in [3.63, 3.8) is 0 Å². The summed E-state index contributed by atoms with van der Waals surface area (Å²) in [6.07, 6.45) is 4.19. The fraction of sp³-hybridized carbons (Fsp3) is 0.211. The molecule has 1 amide bonds. The maximum Gasteiger partial charge on any atom is 0.227 e. The van der Waals surface area contributed by atoms with E-state index >= 15 is 0 Å². The van der Waals surface area contributed by atoms with Gasteiger partial charge in [-0.25, -0.2) is 0 Å². The highest BCUT2D eigenvalue weighted by Gasteiger charge is 2.25. The number of hydrogen-bond acceptors (Lipinski definition) is 1. The van der Waals surface area contributed by atoms with Crippen molar-refractivity contribution in [3.8, 4) is 11.1 Å². The summed E-state index contributed by atoms with van der Waals surface area (Å²) in [5.74, 6) is 0.193. The first kappa shape index (κ1) is 13.6.